The van der Waals surface area contributed by atoms with Crippen LogP contribution in [0.3, 0.4) is 0 Å². The van der Waals surface area contributed by atoms with Gasteiger partial charge in [-0.3, -0.25) is 9.59 Å². The summed E-state index contributed by atoms with van der Waals surface area (Å²) in [7, 11) is -4.24. The largest absolute Gasteiger partial charge is 0.380 e. The number of rotatable bonds is 18. The number of halogens is 2. The molecule has 1 heterocycles. The standard InChI is InChI=1S/C37H46Cl2N6O6S/c1-3-31-32(38)16-17-33(36(31)39)52(49,50)45(23-18-28-10-5-4-6-11-28)26-34(47)41-24-35(48)44(22-9-21-43-19-7-8-20-43)25-29-12-14-30(15-13-29)37(40)42-51-27(2)46/h4-6,10-17H,3,7-9,18-26H2,1-2H3,(H2,40,42)(H,41,47). The molecule has 0 aromatic heterocycles. The second-order valence-electron chi connectivity index (χ2n) is 12.5. The molecule has 0 radical (unpaired) electrons. The molecule has 0 saturated carbocycles. The van der Waals surface area contributed by atoms with Crippen molar-refractivity contribution in [2.24, 2.45) is 10.9 Å². The first-order valence-corrected chi connectivity index (χ1v) is 19.5. The zero-order valence-electron chi connectivity index (χ0n) is 29.5. The van der Waals surface area contributed by atoms with Crippen LogP contribution in [0, 0.1) is 0 Å². The van der Waals surface area contributed by atoms with Crippen molar-refractivity contribution in [3.05, 3.63) is 99.0 Å². The number of oxime groups is 1. The van der Waals surface area contributed by atoms with E-state index in [1.54, 1.807) is 29.2 Å². The van der Waals surface area contributed by atoms with Gasteiger partial charge < -0.3 is 25.7 Å². The molecule has 1 aliphatic heterocycles. The van der Waals surface area contributed by atoms with E-state index >= 15 is 0 Å². The minimum atomic E-state index is -4.24. The first-order chi connectivity index (χ1) is 24.9. The van der Waals surface area contributed by atoms with Gasteiger partial charge in [0.2, 0.25) is 21.8 Å². The fourth-order valence-electron chi connectivity index (χ4n) is 5.87. The van der Waals surface area contributed by atoms with E-state index in [4.69, 9.17) is 28.9 Å². The minimum absolute atomic E-state index is 0.00282. The van der Waals surface area contributed by atoms with Crippen molar-refractivity contribution in [2.75, 3.05) is 45.8 Å². The lowest BCUT2D eigenvalue weighted by atomic mass is 10.1. The Bertz CT molecular complexity index is 1820. The lowest BCUT2D eigenvalue weighted by Gasteiger charge is -2.25. The predicted octanol–water partition coefficient (Wildman–Crippen LogP) is 4.60. The maximum Gasteiger partial charge on any atom is 0.332 e. The molecule has 3 aromatic rings. The Morgan fingerprint density at radius 2 is 1.65 bits per heavy atom. The van der Waals surface area contributed by atoms with Crippen molar-refractivity contribution in [2.45, 2.75) is 57.4 Å². The minimum Gasteiger partial charge on any atom is -0.380 e. The highest BCUT2D eigenvalue weighted by Crippen LogP contribution is 2.33. The molecular formula is C37H46Cl2N6O6S. The van der Waals surface area contributed by atoms with Gasteiger partial charge >= 0.3 is 5.97 Å². The summed E-state index contributed by atoms with van der Waals surface area (Å²) in [6, 6.07) is 19.2. The van der Waals surface area contributed by atoms with Crippen molar-refractivity contribution in [3.8, 4) is 0 Å². The van der Waals surface area contributed by atoms with Crippen LogP contribution in [0.1, 0.15) is 55.4 Å². The second-order valence-corrected chi connectivity index (χ2v) is 15.2. The van der Waals surface area contributed by atoms with Crippen LogP contribution < -0.4 is 11.1 Å². The van der Waals surface area contributed by atoms with Gasteiger partial charge in [-0.05, 0) is 80.6 Å². The summed E-state index contributed by atoms with van der Waals surface area (Å²) in [5, 5.41) is 6.64. The number of hydrogen-bond donors (Lipinski definition) is 2. The van der Waals surface area contributed by atoms with Crippen LogP contribution >= 0.6 is 23.2 Å². The van der Waals surface area contributed by atoms with Gasteiger partial charge in [-0.2, -0.15) is 4.31 Å². The first-order valence-electron chi connectivity index (χ1n) is 17.3. The summed E-state index contributed by atoms with van der Waals surface area (Å²) in [4.78, 5) is 46.6. The highest BCUT2D eigenvalue weighted by atomic mass is 35.5. The monoisotopic (exact) mass is 772 g/mol. The molecule has 280 valence electrons. The number of likely N-dealkylation sites (tertiary alicyclic amines) is 1. The Hall–Kier alpha value is -4.01. The third kappa shape index (κ3) is 11.8. The fraction of sp³-hybridized carbons (Fsp3) is 0.405. The number of amides is 2. The molecule has 12 nitrogen and oxygen atoms in total. The van der Waals surface area contributed by atoms with Crippen LogP contribution in [0.25, 0.3) is 0 Å². The molecule has 15 heteroatoms. The number of nitrogens with zero attached hydrogens (tertiary/aromatic N) is 4. The molecule has 0 unspecified atom stereocenters. The number of hydrogen-bond acceptors (Lipinski definition) is 8. The van der Waals surface area contributed by atoms with Crippen LogP contribution in [-0.4, -0.2) is 92.0 Å². The van der Waals surface area contributed by atoms with Crippen LogP contribution in [0.2, 0.25) is 10.0 Å². The number of amidine groups is 1. The van der Waals surface area contributed by atoms with Crippen molar-refractivity contribution in [1.29, 1.82) is 0 Å². The molecule has 1 aliphatic rings. The normalized spacial score (nSPS) is 13.7. The second kappa shape index (κ2) is 19.7. The number of sulfonamides is 1. The number of carbonyl (C=O) groups excluding carboxylic acids is 3. The van der Waals surface area contributed by atoms with E-state index in [9.17, 15) is 22.8 Å². The molecule has 0 spiro atoms. The molecule has 0 aliphatic carbocycles. The highest BCUT2D eigenvalue weighted by Gasteiger charge is 2.30. The topological polar surface area (TPSA) is 155 Å². The molecule has 52 heavy (non-hydrogen) atoms. The summed E-state index contributed by atoms with van der Waals surface area (Å²) in [6.07, 6.45) is 3.83. The Kier molecular flexibility index (Phi) is 15.5. The van der Waals surface area contributed by atoms with E-state index in [2.05, 4.69) is 20.2 Å². The number of carbonyl (C=O) groups is 3. The lowest BCUT2D eigenvalue weighted by molar-refractivity contribution is -0.141. The van der Waals surface area contributed by atoms with Gasteiger partial charge in [-0.1, -0.05) is 89.9 Å². The molecule has 0 bridgehead atoms. The zero-order valence-corrected chi connectivity index (χ0v) is 31.9. The van der Waals surface area contributed by atoms with E-state index in [1.807, 2.05) is 37.3 Å². The van der Waals surface area contributed by atoms with Gasteiger partial charge in [0.15, 0.2) is 5.84 Å². The smallest absolute Gasteiger partial charge is 0.332 e. The average molecular weight is 774 g/mol. The zero-order chi connectivity index (χ0) is 37.7. The van der Waals surface area contributed by atoms with Crippen molar-refractivity contribution >= 4 is 56.8 Å². The molecule has 4 rings (SSSR count). The Morgan fingerprint density at radius 3 is 2.31 bits per heavy atom. The summed E-state index contributed by atoms with van der Waals surface area (Å²) < 4.78 is 29.1. The van der Waals surface area contributed by atoms with E-state index in [1.165, 1.54) is 19.1 Å². The van der Waals surface area contributed by atoms with Gasteiger partial charge in [0.1, 0.15) is 4.90 Å². The first kappa shape index (κ1) is 40.8. The van der Waals surface area contributed by atoms with Gasteiger partial charge in [0.05, 0.1) is 18.1 Å². The Labute approximate surface area is 315 Å². The van der Waals surface area contributed by atoms with Crippen LogP contribution in [0.5, 0.6) is 0 Å². The summed E-state index contributed by atoms with van der Waals surface area (Å²) in [6.45, 7) is 5.84. The maximum atomic E-state index is 14.0. The van der Waals surface area contributed by atoms with E-state index in [0.29, 0.717) is 35.5 Å². The van der Waals surface area contributed by atoms with Gasteiger partial charge in [-0.25, -0.2) is 13.2 Å². The molecule has 0 atom stereocenters. The third-order valence-electron chi connectivity index (χ3n) is 8.72. The highest BCUT2D eigenvalue weighted by molar-refractivity contribution is 7.89. The molecule has 1 fully saturated rings. The molecule has 3 aromatic carbocycles. The number of benzene rings is 3. The lowest BCUT2D eigenvalue weighted by Crippen LogP contribution is -2.45. The summed E-state index contributed by atoms with van der Waals surface area (Å²) in [5.41, 5.74) is 8.67. The number of nitrogens with two attached hydrogens (primary N) is 1. The van der Waals surface area contributed by atoms with Crippen LogP contribution in [0.4, 0.5) is 0 Å². The van der Waals surface area contributed by atoms with Crippen LogP contribution in [0.15, 0.2) is 76.8 Å². The van der Waals surface area contributed by atoms with Crippen molar-refractivity contribution < 1.29 is 27.6 Å². The van der Waals surface area contributed by atoms with Crippen LogP contribution in [-0.2, 0) is 48.6 Å². The quantitative estimate of drug-likeness (QED) is 0.0823. The summed E-state index contributed by atoms with van der Waals surface area (Å²) >= 11 is 12.8. The fourth-order valence-corrected chi connectivity index (χ4v) is 8.29. The SMILES string of the molecule is CCc1c(Cl)ccc(S(=O)(=O)N(CCc2ccccc2)CC(=O)NCC(=O)N(CCCN2CCCC2)Cc2ccc(C(N)=NOC(C)=O)cc2)c1Cl. The average Bonchev–Trinajstić information content (AvgIpc) is 3.65. The summed E-state index contributed by atoms with van der Waals surface area (Å²) in [5.74, 6) is -1.50. The van der Waals surface area contributed by atoms with E-state index in [-0.39, 0.29) is 41.3 Å². The molecule has 2 amide bonds. The molecule has 3 N–H and O–H groups in total. The van der Waals surface area contributed by atoms with Gasteiger partial charge in [0, 0.05) is 37.1 Å². The van der Waals surface area contributed by atoms with Crippen molar-refractivity contribution in [3.63, 3.8) is 0 Å². The van der Waals surface area contributed by atoms with E-state index in [0.717, 1.165) is 54.3 Å². The number of nitrogens with one attached hydrogen (secondary N) is 1. The van der Waals surface area contributed by atoms with Gasteiger partial charge in [-0.15, -0.1) is 0 Å². The Balaban J connectivity index is 1.47. The van der Waals surface area contributed by atoms with Gasteiger partial charge in [0.25, 0.3) is 0 Å². The molecular weight excluding hydrogens is 727 g/mol. The van der Waals surface area contributed by atoms with E-state index < -0.39 is 28.4 Å². The molecule has 1 saturated heterocycles. The van der Waals surface area contributed by atoms with Crippen molar-refractivity contribution in [1.82, 2.24) is 19.4 Å². The third-order valence-corrected chi connectivity index (χ3v) is 11.5. The predicted molar refractivity (Wildman–Crippen MR) is 202 cm³/mol. The maximum absolute atomic E-state index is 14.0. The Morgan fingerprint density at radius 1 is 0.962 bits per heavy atom.